The zero-order chi connectivity index (χ0) is 15.9. The van der Waals surface area contributed by atoms with Gasteiger partial charge in [-0.3, -0.25) is 0 Å². The Kier molecular flexibility index (Phi) is 3.80. The Balaban J connectivity index is 1.81. The minimum Gasteiger partial charge on any atom is -0.334 e. The first-order valence-electron chi connectivity index (χ1n) is 7.27. The Bertz CT molecular complexity index is 782. The topological polar surface area (TPSA) is 90.0 Å². The molecule has 0 unspecified atom stereocenters. The van der Waals surface area contributed by atoms with Gasteiger partial charge >= 0.3 is 0 Å². The molecule has 0 aliphatic heterocycles. The van der Waals surface area contributed by atoms with Crippen molar-refractivity contribution in [2.45, 2.75) is 43.4 Å². The van der Waals surface area contributed by atoms with Crippen LogP contribution in [0.4, 0.5) is 0 Å². The lowest BCUT2D eigenvalue weighted by Crippen LogP contribution is -2.40. The van der Waals surface area contributed by atoms with Gasteiger partial charge in [0.05, 0.1) is 6.33 Å². The van der Waals surface area contributed by atoms with Gasteiger partial charge in [0, 0.05) is 24.3 Å². The molecule has 1 aromatic heterocycles. The molecule has 0 radical (unpaired) electrons. The van der Waals surface area contributed by atoms with E-state index in [4.69, 9.17) is 5.73 Å². The predicted octanol–water partition coefficient (Wildman–Crippen LogP) is 1.37. The van der Waals surface area contributed by atoms with Crippen LogP contribution in [-0.2, 0) is 16.4 Å². The molecule has 0 saturated heterocycles. The highest BCUT2D eigenvalue weighted by Crippen LogP contribution is 2.30. The maximum Gasteiger partial charge on any atom is 0.259 e. The van der Waals surface area contributed by atoms with Gasteiger partial charge in [-0.1, -0.05) is 24.3 Å². The Morgan fingerprint density at radius 3 is 2.73 bits per heavy atom. The summed E-state index contributed by atoms with van der Waals surface area (Å²) in [5, 5.41) is 0.0318. The summed E-state index contributed by atoms with van der Waals surface area (Å²) in [6.45, 7) is 3.93. The molecule has 0 fully saturated rings. The Labute approximate surface area is 130 Å². The molecule has 1 heterocycles. The fourth-order valence-corrected chi connectivity index (χ4v) is 3.94. The van der Waals surface area contributed by atoms with Crippen LogP contribution in [0.2, 0.25) is 0 Å². The zero-order valence-corrected chi connectivity index (χ0v) is 13.4. The van der Waals surface area contributed by atoms with E-state index in [0.717, 1.165) is 11.1 Å². The van der Waals surface area contributed by atoms with Crippen LogP contribution in [0, 0.1) is 0 Å². The van der Waals surface area contributed by atoms with Gasteiger partial charge in [-0.2, -0.15) is 0 Å². The van der Waals surface area contributed by atoms with Crippen LogP contribution in [0.3, 0.4) is 0 Å². The average molecular weight is 320 g/mol. The van der Waals surface area contributed by atoms with Gasteiger partial charge in [0.15, 0.2) is 5.03 Å². The first kappa shape index (κ1) is 15.2. The summed E-state index contributed by atoms with van der Waals surface area (Å²) in [4.78, 5) is 4.00. The van der Waals surface area contributed by atoms with E-state index >= 15 is 0 Å². The summed E-state index contributed by atoms with van der Waals surface area (Å²) in [6, 6.07) is 7.27. The second kappa shape index (κ2) is 5.49. The molecule has 0 saturated carbocycles. The largest absolute Gasteiger partial charge is 0.334 e. The van der Waals surface area contributed by atoms with Crippen molar-refractivity contribution in [1.29, 1.82) is 0 Å². The highest BCUT2D eigenvalue weighted by Gasteiger charge is 2.33. The highest BCUT2D eigenvalue weighted by atomic mass is 32.2. The number of hydrogen-bond acceptors (Lipinski definition) is 4. The van der Waals surface area contributed by atoms with Crippen LogP contribution in [-0.4, -0.2) is 24.0 Å². The second-order valence-corrected chi connectivity index (χ2v) is 7.57. The number of aromatic nitrogens is 2. The number of rotatable bonds is 4. The summed E-state index contributed by atoms with van der Waals surface area (Å²) in [6.07, 6.45) is 3.67. The van der Waals surface area contributed by atoms with Crippen molar-refractivity contribution in [2.75, 3.05) is 0 Å². The van der Waals surface area contributed by atoms with E-state index in [1.54, 1.807) is 10.8 Å². The van der Waals surface area contributed by atoms with Gasteiger partial charge in [0.2, 0.25) is 0 Å². The van der Waals surface area contributed by atoms with Gasteiger partial charge < -0.3 is 10.3 Å². The smallest absolute Gasteiger partial charge is 0.259 e. The van der Waals surface area contributed by atoms with Gasteiger partial charge in [-0.25, -0.2) is 18.1 Å². The molecule has 2 atom stereocenters. The molecule has 0 bridgehead atoms. The van der Waals surface area contributed by atoms with Crippen molar-refractivity contribution >= 4 is 10.0 Å². The summed E-state index contributed by atoms with van der Waals surface area (Å²) in [5.74, 6) is 0. The molecule has 1 aromatic carbocycles. The molecule has 1 aliphatic rings. The SMILES string of the molecule is CC(C)n1cnc(S(=O)(=O)N[C@@H]2Cc3ccccc3[C@H]2N)c1. The summed E-state index contributed by atoms with van der Waals surface area (Å²) >= 11 is 0. The van der Waals surface area contributed by atoms with Gasteiger partial charge in [-0.05, 0) is 31.4 Å². The summed E-state index contributed by atoms with van der Waals surface area (Å²) < 4.78 is 29.4. The maximum atomic E-state index is 12.5. The molecular weight excluding hydrogens is 300 g/mol. The minimum atomic E-state index is -3.67. The Morgan fingerprint density at radius 2 is 2.09 bits per heavy atom. The third-order valence-corrected chi connectivity index (χ3v) is 5.42. The van der Waals surface area contributed by atoms with Crippen LogP contribution in [0.15, 0.2) is 41.8 Å². The number of nitrogens with two attached hydrogens (primary N) is 1. The lowest BCUT2D eigenvalue weighted by molar-refractivity contribution is 0.512. The molecule has 22 heavy (non-hydrogen) atoms. The maximum absolute atomic E-state index is 12.5. The van der Waals surface area contributed by atoms with Crippen molar-refractivity contribution in [3.63, 3.8) is 0 Å². The Morgan fingerprint density at radius 1 is 1.36 bits per heavy atom. The molecule has 6 nitrogen and oxygen atoms in total. The van der Waals surface area contributed by atoms with Crippen molar-refractivity contribution in [1.82, 2.24) is 14.3 Å². The van der Waals surface area contributed by atoms with E-state index in [1.165, 1.54) is 6.33 Å². The second-order valence-electron chi connectivity index (χ2n) is 5.91. The lowest BCUT2D eigenvalue weighted by Gasteiger charge is -2.17. The summed E-state index contributed by atoms with van der Waals surface area (Å²) in [5.41, 5.74) is 8.27. The first-order valence-corrected chi connectivity index (χ1v) is 8.76. The van der Waals surface area contributed by atoms with Crippen molar-refractivity contribution in [3.8, 4) is 0 Å². The van der Waals surface area contributed by atoms with E-state index in [9.17, 15) is 8.42 Å². The first-order chi connectivity index (χ1) is 10.4. The van der Waals surface area contributed by atoms with Crippen molar-refractivity contribution < 1.29 is 8.42 Å². The number of nitrogens with one attached hydrogen (secondary N) is 1. The van der Waals surface area contributed by atoms with E-state index in [0.29, 0.717) is 6.42 Å². The molecule has 7 heteroatoms. The standard InChI is InChI=1S/C15H20N4O2S/c1-10(2)19-8-14(17-9-19)22(20,21)18-13-7-11-5-3-4-6-12(11)15(13)16/h3-6,8-10,13,15,18H,7,16H2,1-2H3/t13-,15-/m1/s1. The molecule has 1 aliphatic carbocycles. The average Bonchev–Trinajstić information content (AvgIpc) is 3.06. The van der Waals surface area contributed by atoms with E-state index < -0.39 is 10.0 Å². The quantitative estimate of drug-likeness (QED) is 0.890. The number of benzene rings is 1. The fraction of sp³-hybridized carbons (Fsp3) is 0.400. The van der Waals surface area contributed by atoms with Crippen molar-refractivity contribution in [2.24, 2.45) is 5.73 Å². The third kappa shape index (κ3) is 2.67. The fourth-order valence-electron chi connectivity index (χ4n) is 2.74. The van der Waals surface area contributed by atoms with Gasteiger partial charge in [0.1, 0.15) is 0 Å². The molecule has 3 rings (SSSR count). The molecule has 0 amide bonds. The van der Waals surface area contributed by atoms with Crippen LogP contribution >= 0.6 is 0 Å². The van der Waals surface area contributed by atoms with Crippen LogP contribution < -0.4 is 10.5 Å². The Hall–Kier alpha value is -1.70. The zero-order valence-electron chi connectivity index (χ0n) is 12.6. The van der Waals surface area contributed by atoms with E-state index in [-0.39, 0.29) is 23.2 Å². The number of fused-ring (bicyclic) bond motifs is 1. The van der Waals surface area contributed by atoms with Gasteiger partial charge in [0.25, 0.3) is 10.0 Å². The number of imidazole rings is 1. The third-order valence-electron chi connectivity index (χ3n) is 4.04. The highest BCUT2D eigenvalue weighted by molar-refractivity contribution is 7.89. The molecule has 2 aromatic rings. The van der Waals surface area contributed by atoms with E-state index in [2.05, 4.69) is 9.71 Å². The number of nitrogens with zero attached hydrogens (tertiary/aromatic N) is 2. The molecule has 118 valence electrons. The van der Waals surface area contributed by atoms with Crippen LogP contribution in [0.5, 0.6) is 0 Å². The molecule has 0 spiro atoms. The van der Waals surface area contributed by atoms with Crippen LogP contribution in [0.1, 0.15) is 37.1 Å². The summed E-state index contributed by atoms with van der Waals surface area (Å²) in [7, 11) is -3.67. The monoisotopic (exact) mass is 320 g/mol. The minimum absolute atomic E-state index is 0.0318. The molecular formula is C15H20N4O2S. The van der Waals surface area contributed by atoms with Gasteiger partial charge in [-0.15, -0.1) is 0 Å². The lowest BCUT2D eigenvalue weighted by atomic mass is 10.1. The number of sulfonamides is 1. The molecule has 3 N–H and O–H groups in total. The van der Waals surface area contributed by atoms with E-state index in [1.807, 2.05) is 38.1 Å². The predicted molar refractivity (Wildman–Crippen MR) is 83.8 cm³/mol. The van der Waals surface area contributed by atoms with Crippen molar-refractivity contribution in [3.05, 3.63) is 47.9 Å². The van der Waals surface area contributed by atoms with Crippen LogP contribution in [0.25, 0.3) is 0 Å². The number of hydrogen-bond donors (Lipinski definition) is 2. The normalized spacial score (nSPS) is 21.3.